The highest BCUT2D eigenvalue weighted by atomic mass is 35.5. The van der Waals surface area contributed by atoms with Crippen LogP contribution in [-0.4, -0.2) is 39.2 Å². The summed E-state index contributed by atoms with van der Waals surface area (Å²) in [7, 11) is 0. The molecule has 0 saturated heterocycles. The maximum Gasteiger partial charge on any atom is 0.328 e. The molecule has 0 bridgehead atoms. The van der Waals surface area contributed by atoms with Gasteiger partial charge in [-0.2, -0.15) is 0 Å². The minimum atomic E-state index is -1.41. The second-order valence-electron chi connectivity index (χ2n) is 3.53. The topological polar surface area (TPSA) is 99.5 Å². The molecule has 0 aliphatic rings. The maximum atomic E-state index is 11.7. The van der Waals surface area contributed by atoms with Gasteiger partial charge < -0.3 is 15.5 Å². The van der Waals surface area contributed by atoms with Gasteiger partial charge in [-0.3, -0.25) is 4.79 Å². The Balaban J connectivity index is 2.90. The van der Waals surface area contributed by atoms with E-state index in [0.29, 0.717) is 0 Å². The Morgan fingerprint density at radius 1 is 1.33 bits per heavy atom. The SMILES string of the molecule is C[C@@H](O)[C@H](NC(=O)c1cc(Cl)nc(Cl)c1)C(=O)O. The first kappa shape index (κ1) is 14.7. The number of rotatable bonds is 4. The number of aliphatic carboxylic acids is 1. The van der Waals surface area contributed by atoms with E-state index in [1.165, 1.54) is 19.1 Å². The van der Waals surface area contributed by atoms with Crippen molar-refractivity contribution in [2.24, 2.45) is 0 Å². The van der Waals surface area contributed by atoms with Crippen molar-refractivity contribution in [1.29, 1.82) is 0 Å². The van der Waals surface area contributed by atoms with Crippen LogP contribution < -0.4 is 5.32 Å². The van der Waals surface area contributed by atoms with Gasteiger partial charge in [-0.1, -0.05) is 23.2 Å². The molecular formula is C10H10Cl2N2O4. The number of amides is 1. The van der Waals surface area contributed by atoms with E-state index in [2.05, 4.69) is 10.3 Å². The fourth-order valence-electron chi connectivity index (χ4n) is 1.21. The van der Waals surface area contributed by atoms with E-state index in [4.69, 9.17) is 28.3 Å². The molecule has 0 saturated carbocycles. The first-order valence-corrected chi connectivity index (χ1v) is 5.61. The van der Waals surface area contributed by atoms with E-state index >= 15 is 0 Å². The number of halogens is 2. The number of aliphatic hydroxyl groups is 1. The number of carbonyl (C=O) groups is 2. The second kappa shape index (κ2) is 5.99. The first-order valence-electron chi connectivity index (χ1n) is 4.86. The predicted molar refractivity (Wildman–Crippen MR) is 64.8 cm³/mol. The molecule has 1 aromatic heterocycles. The maximum absolute atomic E-state index is 11.7. The highest BCUT2D eigenvalue weighted by Gasteiger charge is 2.25. The lowest BCUT2D eigenvalue weighted by Gasteiger charge is -2.17. The number of nitrogens with zero attached hydrogens (tertiary/aromatic N) is 1. The Morgan fingerprint density at radius 3 is 2.22 bits per heavy atom. The third kappa shape index (κ3) is 3.83. The number of hydrogen-bond donors (Lipinski definition) is 3. The Bertz CT molecular complexity index is 459. The number of aliphatic hydroxyl groups excluding tert-OH is 1. The van der Waals surface area contributed by atoms with Crippen molar-refractivity contribution in [1.82, 2.24) is 10.3 Å². The molecular weight excluding hydrogens is 283 g/mol. The Labute approximate surface area is 113 Å². The van der Waals surface area contributed by atoms with Crippen LogP contribution in [0.5, 0.6) is 0 Å². The van der Waals surface area contributed by atoms with Crippen LogP contribution in [0.3, 0.4) is 0 Å². The highest BCUT2D eigenvalue weighted by Crippen LogP contribution is 2.14. The molecule has 0 radical (unpaired) electrons. The molecule has 1 heterocycles. The number of carboxylic acids is 1. The van der Waals surface area contributed by atoms with E-state index in [0.717, 1.165) is 0 Å². The summed E-state index contributed by atoms with van der Waals surface area (Å²) < 4.78 is 0. The Hall–Kier alpha value is -1.37. The van der Waals surface area contributed by atoms with Crippen LogP contribution in [-0.2, 0) is 4.79 Å². The number of carbonyl (C=O) groups excluding carboxylic acids is 1. The van der Waals surface area contributed by atoms with Crippen molar-refractivity contribution in [3.8, 4) is 0 Å². The standard InChI is InChI=1S/C10H10Cl2N2O4/c1-4(15)8(10(17)18)14-9(16)5-2-6(11)13-7(12)3-5/h2-4,8,15H,1H3,(H,14,16)(H,17,18)/t4-,8+/m1/s1. The molecule has 0 aromatic carbocycles. The largest absolute Gasteiger partial charge is 0.480 e. The monoisotopic (exact) mass is 292 g/mol. The molecule has 18 heavy (non-hydrogen) atoms. The summed E-state index contributed by atoms with van der Waals surface area (Å²) in [5, 5.41) is 20.2. The third-order valence-corrected chi connectivity index (χ3v) is 2.45. The lowest BCUT2D eigenvalue weighted by Crippen LogP contribution is -2.47. The summed E-state index contributed by atoms with van der Waals surface area (Å²) in [4.78, 5) is 26.2. The van der Waals surface area contributed by atoms with Crippen LogP contribution >= 0.6 is 23.2 Å². The van der Waals surface area contributed by atoms with E-state index in [9.17, 15) is 14.7 Å². The average Bonchev–Trinajstić information content (AvgIpc) is 2.23. The first-order chi connectivity index (χ1) is 8.31. The normalized spacial score (nSPS) is 13.8. The van der Waals surface area contributed by atoms with E-state index in [1.807, 2.05) is 0 Å². The zero-order valence-corrected chi connectivity index (χ0v) is 10.7. The van der Waals surface area contributed by atoms with Crippen LogP contribution in [0.25, 0.3) is 0 Å². The van der Waals surface area contributed by atoms with E-state index in [1.54, 1.807) is 0 Å². The Morgan fingerprint density at radius 2 is 1.83 bits per heavy atom. The molecule has 2 atom stereocenters. The average molecular weight is 293 g/mol. The van der Waals surface area contributed by atoms with Crippen molar-refractivity contribution >= 4 is 35.1 Å². The van der Waals surface area contributed by atoms with Gasteiger partial charge in [-0.05, 0) is 19.1 Å². The zero-order valence-electron chi connectivity index (χ0n) is 9.22. The van der Waals surface area contributed by atoms with Crippen LogP contribution in [0.1, 0.15) is 17.3 Å². The molecule has 1 rings (SSSR count). The second-order valence-corrected chi connectivity index (χ2v) is 4.31. The summed E-state index contributed by atoms with van der Waals surface area (Å²) in [6, 6.07) is 1.07. The minimum absolute atomic E-state index is 0.0107. The summed E-state index contributed by atoms with van der Waals surface area (Å²) in [5.74, 6) is -2.06. The zero-order chi connectivity index (χ0) is 13.9. The summed E-state index contributed by atoms with van der Waals surface area (Å²) in [6.07, 6.45) is -1.24. The van der Waals surface area contributed by atoms with Crippen LogP contribution in [0.2, 0.25) is 10.3 Å². The fraction of sp³-hybridized carbons (Fsp3) is 0.300. The van der Waals surface area contributed by atoms with Crippen molar-refractivity contribution in [2.75, 3.05) is 0 Å². The van der Waals surface area contributed by atoms with Crippen molar-refractivity contribution in [3.63, 3.8) is 0 Å². The van der Waals surface area contributed by atoms with Crippen molar-refractivity contribution < 1.29 is 19.8 Å². The van der Waals surface area contributed by atoms with Gasteiger partial charge in [0.05, 0.1) is 6.10 Å². The van der Waals surface area contributed by atoms with Gasteiger partial charge >= 0.3 is 5.97 Å². The number of aromatic nitrogens is 1. The van der Waals surface area contributed by atoms with E-state index < -0.39 is 24.0 Å². The Kier molecular flexibility index (Phi) is 4.89. The lowest BCUT2D eigenvalue weighted by molar-refractivity contribution is -0.141. The van der Waals surface area contributed by atoms with Gasteiger partial charge in [0.1, 0.15) is 10.3 Å². The van der Waals surface area contributed by atoms with Gasteiger partial charge in [-0.15, -0.1) is 0 Å². The van der Waals surface area contributed by atoms with Gasteiger partial charge in [0, 0.05) is 5.56 Å². The molecule has 0 unspecified atom stereocenters. The molecule has 3 N–H and O–H groups in total. The lowest BCUT2D eigenvalue weighted by atomic mass is 10.1. The van der Waals surface area contributed by atoms with Crippen molar-refractivity contribution in [3.05, 3.63) is 28.0 Å². The molecule has 6 nitrogen and oxygen atoms in total. The smallest absolute Gasteiger partial charge is 0.328 e. The van der Waals surface area contributed by atoms with Crippen LogP contribution in [0.4, 0.5) is 0 Å². The van der Waals surface area contributed by atoms with E-state index in [-0.39, 0.29) is 15.9 Å². The van der Waals surface area contributed by atoms with Gasteiger partial charge in [0.2, 0.25) is 0 Å². The minimum Gasteiger partial charge on any atom is -0.480 e. The number of nitrogens with one attached hydrogen (secondary N) is 1. The third-order valence-electron chi connectivity index (χ3n) is 2.06. The molecule has 0 spiro atoms. The summed E-state index contributed by atoms with van der Waals surface area (Å²) >= 11 is 11.2. The molecule has 8 heteroatoms. The van der Waals surface area contributed by atoms with Gasteiger partial charge in [-0.25, -0.2) is 9.78 Å². The number of hydrogen-bond acceptors (Lipinski definition) is 4. The quantitative estimate of drug-likeness (QED) is 0.718. The highest BCUT2D eigenvalue weighted by molar-refractivity contribution is 6.33. The molecule has 1 aromatic rings. The predicted octanol–water partition coefficient (Wildman–Crippen LogP) is 0.952. The van der Waals surface area contributed by atoms with Gasteiger partial charge in [0.15, 0.2) is 6.04 Å². The molecule has 0 aliphatic heterocycles. The molecule has 98 valence electrons. The summed E-state index contributed by atoms with van der Waals surface area (Å²) in [5.41, 5.74) is 0.0619. The number of pyridine rings is 1. The number of carboxylic acid groups (broad SMARTS) is 1. The van der Waals surface area contributed by atoms with Gasteiger partial charge in [0.25, 0.3) is 5.91 Å². The van der Waals surface area contributed by atoms with Crippen LogP contribution in [0, 0.1) is 0 Å². The summed E-state index contributed by atoms with van der Waals surface area (Å²) in [6.45, 7) is 1.26. The van der Waals surface area contributed by atoms with Crippen molar-refractivity contribution in [2.45, 2.75) is 19.1 Å². The fourth-order valence-corrected chi connectivity index (χ4v) is 1.67. The molecule has 0 fully saturated rings. The molecule has 0 aliphatic carbocycles. The molecule has 1 amide bonds. The van der Waals surface area contributed by atoms with Crippen LogP contribution in [0.15, 0.2) is 12.1 Å².